The molecule has 0 saturated heterocycles. The predicted molar refractivity (Wildman–Crippen MR) is 114 cm³/mol. The normalized spacial score (nSPS) is 12.4. The molecular weight excluding hydrogens is 455 g/mol. The smallest absolute Gasteiger partial charge is 0.234 e. The van der Waals surface area contributed by atoms with Crippen molar-refractivity contribution in [3.05, 3.63) is 59.8 Å². The Morgan fingerprint density at radius 3 is 2.67 bits per heavy atom. The summed E-state index contributed by atoms with van der Waals surface area (Å²) in [7, 11) is 0. The molecule has 0 atom stereocenters. The van der Waals surface area contributed by atoms with Crippen LogP contribution in [0.5, 0.6) is 0 Å². The minimum Gasteiger partial charge on any atom is -0.234 e. The first-order chi connectivity index (χ1) is 15.9. The van der Waals surface area contributed by atoms with Gasteiger partial charge in [0.2, 0.25) is 5.82 Å². The van der Waals surface area contributed by atoms with Crippen molar-refractivity contribution in [1.29, 1.82) is 0 Å². The van der Waals surface area contributed by atoms with Gasteiger partial charge in [-0.1, -0.05) is 30.3 Å². The highest BCUT2D eigenvalue weighted by Crippen LogP contribution is 2.38. The van der Waals surface area contributed by atoms with Crippen LogP contribution in [-0.4, -0.2) is 44.8 Å². The first-order valence-corrected chi connectivity index (χ1v) is 10.5. The van der Waals surface area contributed by atoms with E-state index in [0.717, 1.165) is 23.0 Å². The molecule has 6 aromatic rings. The van der Waals surface area contributed by atoms with Crippen molar-refractivity contribution < 1.29 is 13.2 Å². The third-order valence-corrected chi connectivity index (χ3v) is 6.14. The average Bonchev–Trinajstić information content (AvgIpc) is 3.50. The molecule has 0 aliphatic carbocycles. The molecule has 33 heavy (non-hydrogen) atoms. The number of alkyl halides is 3. The van der Waals surface area contributed by atoms with E-state index in [9.17, 15) is 13.2 Å². The highest BCUT2D eigenvalue weighted by Gasteiger charge is 2.33. The van der Waals surface area contributed by atoms with Crippen LogP contribution in [0.2, 0.25) is 0 Å². The summed E-state index contributed by atoms with van der Waals surface area (Å²) < 4.78 is 41.7. The molecule has 9 nitrogen and oxygen atoms in total. The quantitative estimate of drug-likeness (QED) is 0.389. The van der Waals surface area contributed by atoms with E-state index in [4.69, 9.17) is 0 Å². The molecule has 0 fully saturated rings. The van der Waals surface area contributed by atoms with Crippen molar-refractivity contribution in [3.8, 4) is 11.4 Å². The SMILES string of the molecule is Cc1cc(C(F)(F)F)nc2sc3c(ncn4nc(Cn5nnc(-c6ccccc6)n5)nc34)c12. The zero-order valence-corrected chi connectivity index (χ0v) is 17.6. The Morgan fingerprint density at radius 1 is 1.06 bits per heavy atom. The van der Waals surface area contributed by atoms with Gasteiger partial charge in [-0.05, 0) is 23.8 Å². The topological polar surface area (TPSA) is 99.6 Å². The Labute approximate surface area is 186 Å². The molecule has 0 bridgehead atoms. The lowest BCUT2D eigenvalue weighted by Gasteiger charge is -2.06. The number of pyridine rings is 1. The molecular formula is C20H12F3N9S. The molecule has 5 heterocycles. The molecule has 0 saturated carbocycles. The largest absolute Gasteiger partial charge is 0.433 e. The van der Waals surface area contributed by atoms with Gasteiger partial charge in [-0.25, -0.2) is 19.5 Å². The number of aryl methyl sites for hydroxylation is 1. The zero-order valence-electron chi connectivity index (χ0n) is 16.8. The zero-order chi connectivity index (χ0) is 22.7. The summed E-state index contributed by atoms with van der Waals surface area (Å²) in [6.45, 7) is 1.79. The molecule has 164 valence electrons. The van der Waals surface area contributed by atoms with Crippen molar-refractivity contribution >= 4 is 37.4 Å². The first kappa shape index (κ1) is 19.7. The standard InChI is InChI=1S/C20H12F3N9S/c1-10-7-12(20(21,22)23)25-19-14(10)15-16(33-19)18-26-13(28-31(18)9-24-15)8-32-29-17(27-30-32)11-5-3-2-4-6-11/h2-7,9H,8H2,1H3. The maximum absolute atomic E-state index is 13.2. The van der Waals surface area contributed by atoms with E-state index >= 15 is 0 Å². The molecule has 0 unspecified atom stereocenters. The fraction of sp³-hybridized carbons (Fsp3) is 0.150. The Bertz CT molecular complexity index is 1650. The van der Waals surface area contributed by atoms with E-state index in [-0.39, 0.29) is 11.4 Å². The molecule has 13 heteroatoms. The second-order valence-corrected chi connectivity index (χ2v) is 8.33. The molecule has 0 aliphatic rings. The summed E-state index contributed by atoms with van der Waals surface area (Å²) in [5.74, 6) is 0.898. The molecule has 0 N–H and O–H groups in total. The van der Waals surface area contributed by atoms with E-state index in [2.05, 4.69) is 35.5 Å². The Kier molecular flexibility index (Phi) is 4.17. The predicted octanol–water partition coefficient (Wildman–Crippen LogP) is 3.92. The molecule has 0 amide bonds. The van der Waals surface area contributed by atoms with E-state index in [1.807, 2.05) is 30.3 Å². The van der Waals surface area contributed by atoms with Crippen molar-refractivity contribution in [3.63, 3.8) is 0 Å². The summed E-state index contributed by atoms with van der Waals surface area (Å²) in [6, 6.07) is 10.5. The molecule has 0 radical (unpaired) electrons. The van der Waals surface area contributed by atoms with Crippen molar-refractivity contribution in [2.24, 2.45) is 0 Å². The van der Waals surface area contributed by atoms with Crippen LogP contribution in [0.4, 0.5) is 13.2 Å². The third kappa shape index (κ3) is 3.28. The fourth-order valence-electron chi connectivity index (χ4n) is 3.61. The van der Waals surface area contributed by atoms with Gasteiger partial charge >= 0.3 is 6.18 Å². The number of thiophene rings is 1. The molecule has 0 spiro atoms. The number of hydrogen-bond acceptors (Lipinski definition) is 8. The second-order valence-electron chi connectivity index (χ2n) is 7.33. The molecule has 1 aromatic carbocycles. The van der Waals surface area contributed by atoms with Crippen LogP contribution >= 0.6 is 11.3 Å². The minimum absolute atomic E-state index is 0.170. The highest BCUT2D eigenvalue weighted by molar-refractivity contribution is 7.26. The molecule has 0 aliphatic heterocycles. The summed E-state index contributed by atoms with van der Waals surface area (Å²) in [6.07, 6.45) is -3.04. The van der Waals surface area contributed by atoms with E-state index in [1.165, 1.54) is 15.6 Å². The van der Waals surface area contributed by atoms with Crippen LogP contribution in [0.25, 0.3) is 37.5 Å². The van der Waals surface area contributed by atoms with Gasteiger partial charge in [0.25, 0.3) is 0 Å². The van der Waals surface area contributed by atoms with E-state index in [0.29, 0.717) is 38.5 Å². The number of hydrogen-bond donors (Lipinski definition) is 0. The third-order valence-electron chi connectivity index (χ3n) is 5.07. The number of fused-ring (bicyclic) bond motifs is 5. The van der Waals surface area contributed by atoms with Crippen LogP contribution in [0, 0.1) is 6.92 Å². The Hall–Kier alpha value is -4.00. The Balaban J connectivity index is 1.42. The van der Waals surface area contributed by atoms with E-state index in [1.54, 1.807) is 6.92 Å². The number of tetrazole rings is 1. The minimum atomic E-state index is -4.52. The lowest BCUT2D eigenvalue weighted by atomic mass is 10.1. The summed E-state index contributed by atoms with van der Waals surface area (Å²) in [5, 5.41) is 17.5. The van der Waals surface area contributed by atoms with Gasteiger partial charge in [0.1, 0.15) is 28.1 Å². The number of benzene rings is 1. The van der Waals surface area contributed by atoms with Gasteiger partial charge in [0, 0.05) is 10.9 Å². The molecule has 6 rings (SSSR count). The van der Waals surface area contributed by atoms with Crippen LogP contribution in [0.3, 0.4) is 0 Å². The van der Waals surface area contributed by atoms with Gasteiger partial charge in [0.15, 0.2) is 11.5 Å². The van der Waals surface area contributed by atoms with Crippen molar-refractivity contribution in [2.45, 2.75) is 19.6 Å². The maximum Gasteiger partial charge on any atom is 0.433 e. The van der Waals surface area contributed by atoms with Crippen LogP contribution in [-0.2, 0) is 12.7 Å². The van der Waals surface area contributed by atoms with Gasteiger partial charge in [-0.2, -0.15) is 18.0 Å². The Morgan fingerprint density at radius 2 is 1.88 bits per heavy atom. The number of rotatable bonds is 3. The first-order valence-electron chi connectivity index (χ1n) is 9.71. The number of nitrogens with zero attached hydrogens (tertiary/aromatic N) is 9. The van der Waals surface area contributed by atoms with Gasteiger partial charge in [-0.3, -0.25) is 0 Å². The van der Waals surface area contributed by atoms with Crippen LogP contribution in [0.15, 0.2) is 42.7 Å². The lowest BCUT2D eigenvalue weighted by Crippen LogP contribution is -2.07. The monoisotopic (exact) mass is 467 g/mol. The van der Waals surface area contributed by atoms with Crippen LogP contribution in [0.1, 0.15) is 17.1 Å². The van der Waals surface area contributed by atoms with Gasteiger partial charge in [-0.15, -0.1) is 26.6 Å². The van der Waals surface area contributed by atoms with Gasteiger partial charge < -0.3 is 0 Å². The fourth-order valence-corrected chi connectivity index (χ4v) is 4.78. The van der Waals surface area contributed by atoms with Gasteiger partial charge in [0.05, 0.1) is 5.52 Å². The van der Waals surface area contributed by atoms with Crippen molar-refractivity contribution in [1.82, 2.24) is 44.8 Å². The molecule has 5 aromatic heterocycles. The number of aromatic nitrogens is 9. The highest BCUT2D eigenvalue weighted by atomic mass is 32.1. The van der Waals surface area contributed by atoms with Crippen LogP contribution < -0.4 is 0 Å². The summed E-state index contributed by atoms with van der Waals surface area (Å²) in [5.41, 5.74) is 1.39. The summed E-state index contributed by atoms with van der Waals surface area (Å²) in [4.78, 5) is 14.4. The second kappa shape index (κ2) is 7.00. The average molecular weight is 467 g/mol. The van der Waals surface area contributed by atoms with Crippen molar-refractivity contribution in [2.75, 3.05) is 0 Å². The maximum atomic E-state index is 13.2. The summed E-state index contributed by atoms with van der Waals surface area (Å²) >= 11 is 1.11. The number of halogens is 3. The lowest BCUT2D eigenvalue weighted by molar-refractivity contribution is -0.141. The van der Waals surface area contributed by atoms with E-state index < -0.39 is 11.9 Å².